The van der Waals surface area contributed by atoms with Gasteiger partial charge in [-0.3, -0.25) is 14.5 Å². The average Bonchev–Trinajstić information content (AvgIpc) is 3.48. The molecule has 3 aliphatic rings. The lowest BCUT2D eigenvalue weighted by Crippen LogP contribution is -2.10. The number of pyridine rings is 1. The first-order valence-electron chi connectivity index (χ1n) is 9.90. The molecule has 0 N–H and O–H groups in total. The normalized spacial score (nSPS) is 23.4. The van der Waals surface area contributed by atoms with Crippen molar-refractivity contribution in [3.63, 3.8) is 0 Å². The van der Waals surface area contributed by atoms with E-state index in [2.05, 4.69) is 37.7 Å². The lowest BCUT2D eigenvalue weighted by atomic mass is 9.96. The van der Waals surface area contributed by atoms with Crippen molar-refractivity contribution >= 4 is 5.71 Å². The predicted molar refractivity (Wildman–Crippen MR) is 107 cm³/mol. The Balaban J connectivity index is 1.46. The van der Waals surface area contributed by atoms with Gasteiger partial charge in [-0.1, -0.05) is 12.1 Å². The van der Waals surface area contributed by atoms with Crippen molar-refractivity contribution in [3.8, 4) is 17.1 Å². The molecule has 29 heavy (non-hydrogen) atoms. The largest absolute Gasteiger partial charge is 0.442 e. The molecule has 0 saturated heterocycles. The number of hydrogen-bond donors (Lipinski definition) is 0. The number of nitrogens with zero attached hydrogens (tertiary/aromatic N) is 5. The summed E-state index contributed by atoms with van der Waals surface area (Å²) in [4.78, 5) is 18.3. The van der Waals surface area contributed by atoms with Crippen molar-refractivity contribution < 1.29 is 4.42 Å². The van der Waals surface area contributed by atoms with E-state index in [9.17, 15) is 0 Å². The summed E-state index contributed by atoms with van der Waals surface area (Å²) in [5.41, 5.74) is 7.69. The van der Waals surface area contributed by atoms with Crippen LogP contribution in [0.1, 0.15) is 35.4 Å². The van der Waals surface area contributed by atoms with Gasteiger partial charge >= 0.3 is 0 Å². The summed E-state index contributed by atoms with van der Waals surface area (Å²) < 4.78 is 7.64. The Bertz CT molecular complexity index is 1280. The molecular weight excluding hydrogens is 362 g/mol. The lowest BCUT2D eigenvalue weighted by Gasteiger charge is -2.14. The van der Waals surface area contributed by atoms with Crippen molar-refractivity contribution in [2.75, 3.05) is 0 Å². The standard InChI is InChI=1S/C23H17N5O/c1-2-6-25-17(3-1)21-16-7-14(23-8-15(23)9-23)4-5-18(16)28-12-27-22(19(28)10-26-21)20-11-24-13-29-20/h1-7,11-13,15H,8-10H2/t15-,23+. The van der Waals surface area contributed by atoms with E-state index in [4.69, 9.17) is 9.41 Å². The van der Waals surface area contributed by atoms with E-state index in [1.807, 2.05) is 30.7 Å². The van der Waals surface area contributed by atoms with Crippen LogP contribution in [-0.2, 0) is 12.0 Å². The molecule has 2 aliphatic carbocycles. The highest BCUT2D eigenvalue weighted by atomic mass is 16.3. The van der Waals surface area contributed by atoms with Crippen LogP contribution in [0.4, 0.5) is 0 Å². The second kappa shape index (κ2) is 5.29. The molecule has 4 heterocycles. The summed E-state index contributed by atoms with van der Waals surface area (Å²) in [7, 11) is 0. The highest BCUT2D eigenvalue weighted by Gasteiger charge is 2.70. The Kier molecular flexibility index (Phi) is 2.81. The molecule has 2 fully saturated rings. The van der Waals surface area contributed by atoms with Crippen LogP contribution < -0.4 is 0 Å². The van der Waals surface area contributed by atoms with Crippen LogP contribution in [-0.4, -0.2) is 25.2 Å². The summed E-state index contributed by atoms with van der Waals surface area (Å²) >= 11 is 0. The van der Waals surface area contributed by atoms with Crippen molar-refractivity contribution in [1.29, 1.82) is 0 Å². The summed E-state index contributed by atoms with van der Waals surface area (Å²) in [6.45, 7) is 0.500. The van der Waals surface area contributed by atoms with Crippen LogP contribution >= 0.6 is 0 Å². The van der Waals surface area contributed by atoms with Gasteiger partial charge in [0.2, 0.25) is 0 Å². The molecule has 1 aromatic carbocycles. The summed E-state index contributed by atoms with van der Waals surface area (Å²) in [6.07, 6.45) is 9.46. The smallest absolute Gasteiger partial charge is 0.181 e. The summed E-state index contributed by atoms with van der Waals surface area (Å²) in [6, 6.07) is 12.8. The third kappa shape index (κ3) is 2.11. The lowest BCUT2D eigenvalue weighted by molar-refractivity contribution is 0.569. The van der Waals surface area contributed by atoms with Gasteiger partial charge in [-0.15, -0.1) is 0 Å². The first-order valence-corrected chi connectivity index (χ1v) is 9.90. The van der Waals surface area contributed by atoms with Crippen molar-refractivity contribution in [1.82, 2.24) is 19.5 Å². The number of benzene rings is 1. The van der Waals surface area contributed by atoms with Crippen molar-refractivity contribution in [2.24, 2.45) is 10.9 Å². The molecule has 0 bridgehead atoms. The fourth-order valence-corrected chi connectivity index (χ4v) is 4.65. The first-order chi connectivity index (χ1) is 14.3. The zero-order valence-corrected chi connectivity index (χ0v) is 15.6. The number of hydrogen-bond acceptors (Lipinski definition) is 5. The van der Waals surface area contributed by atoms with E-state index >= 15 is 0 Å². The molecule has 0 amide bonds. The van der Waals surface area contributed by atoms with Gasteiger partial charge in [0, 0.05) is 11.8 Å². The molecule has 1 aliphatic heterocycles. The van der Waals surface area contributed by atoms with Crippen LogP contribution in [0, 0.1) is 5.92 Å². The van der Waals surface area contributed by atoms with Crippen LogP contribution in [0.5, 0.6) is 0 Å². The minimum atomic E-state index is 0.444. The molecule has 140 valence electrons. The molecule has 0 unspecified atom stereocenters. The third-order valence-electron chi connectivity index (χ3n) is 6.60. The molecule has 3 aromatic heterocycles. The number of rotatable bonds is 3. The monoisotopic (exact) mass is 379 g/mol. The molecule has 0 radical (unpaired) electrons. The maximum atomic E-state index is 5.51. The second-order valence-electron chi connectivity index (χ2n) is 8.15. The Morgan fingerprint density at radius 1 is 1.10 bits per heavy atom. The van der Waals surface area contributed by atoms with Crippen LogP contribution in [0.3, 0.4) is 0 Å². The Morgan fingerprint density at radius 2 is 2.03 bits per heavy atom. The van der Waals surface area contributed by atoms with E-state index in [0.717, 1.165) is 40.0 Å². The molecule has 7 rings (SSSR count). The van der Waals surface area contributed by atoms with E-state index in [1.54, 1.807) is 6.20 Å². The predicted octanol–water partition coefficient (Wildman–Crippen LogP) is 3.93. The van der Waals surface area contributed by atoms with E-state index in [-0.39, 0.29) is 0 Å². The van der Waals surface area contributed by atoms with Gasteiger partial charge in [0.15, 0.2) is 12.2 Å². The van der Waals surface area contributed by atoms with Gasteiger partial charge in [-0.2, -0.15) is 0 Å². The van der Waals surface area contributed by atoms with E-state index in [0.29, 0.717) is 17.7 Å². The van der Waals surface area contributed by atoms with E-state index < -0.39 is 0 Å². The molecule has 0 atom stereocenters. The highest BCUT2D eigenvalue weighted by molar-refractivity contribution is 6.14. The van der Waals surface area contributed by atoms with Crippen LogP contribution in [0.2, 0.25) is 0 Å². The fraction of sp³-hybridized carbons (Fsp3) is 0.217. The Morgan fingerprint density at radius 3 is 2.79 bits per heavy atom. The molecule has 0 spiro atoms. The second-order valence-corrected chi connectivity index (χ2v) is 8.15. The SMILES string of the molecule is c1ccc(C2=NCc3c(-c4cnco4)ncn3-c3ccc([C@]45C[C@H]4C5)cc32)nc1. The summed E-state index contributed by atoms with van der Waals surface area (Å²) in [5, 5.41) is 0. The maximum absolute atomic E-state index is 5.51. The number of aliphatic imine (C=N–C) groups is 1. The van der Waals surface area contributed by atoms with Gasteiger partial charge in [0.25, 0.3) is 0 Å². The summed E-state index contributed by atoms with van der Waals surface area (Å²) in [5.74, 6) is 1.55. The molecular formula is C23H17N5O. The number of aromatic nitrogens is 4. The zero-order valence-electron chi connectivity index (χ0n) is 15.6. The van der Waals surface area contributed by atoms with Gasteiger partial charge in [-0.05, 0) is 54.0 Å². The third-order valence-corrected chi connectivity index (χ3v) is 6.60. The minimum Gasteiger partial charge on any atom is -0.442 e. The van der Waals surface area contributed by atoms with Crippen LogP contribution in [0.15, 0.2) is 70.9 Å². The first kappa shape index (κ1) is 15.4. The fourth-order valence-electron chi connectivity index (χ4n) is 4.65. The van der Waals surface area contributed by atoms with Crippen molar-refractivity contribution in [2.45, 2.75) is 24.8 Å². The molecule has 6 heteroatoms. The zero-order chi connectivity index (χ0) is 19.0. The number of oxazole rings is 1. The van der Waals surface area contributed by atoms with Gasteiger partial charge in [0.05, 0.1) is 35.5 Å². The Labute approximate surface area is 167 Å². The molecule has 4 aromatic rings. The van der Waals surface area contributed by atoms with Crippen LogP contribution in [0.25, 0.3) is 17.1 Å². The molecule has 6 nitrogen and oxygen atoms in total. The number of fused-ring (bicyclic) bond motifs is 4. The minimum absolute atomic E-state index is 0.444. The van der Waals surface area contributed by atoms with Gasteiger partial charge in [-0.25, -0.2) is 9.97 Å². The quantitative estimate of drug-likeness (QED) is 0.541. The number of imidazole rings is 1. The van der Waals surface area contributed by atoms with E-state index in [1.165, 1.54) is 24.8 Å². The van der Waals surface area contributed by atoms with Gasteiger partial charge < -0.3 is 4.42 Å². The highest BCUT2D eigenvalue weighted by Crippen LogP contribution is 2.75. The topological polar surface area (TPSA) is 69.1 Å². The average molecular weight is 379 g/mol. The molecule has 2 saturated carbocycles. The van der Waals surface area contributed by atoms with Crippen molar-refractivity contribution in [3.05, 3.63) is 84.0 Å². The van der Waals surface area contributed by atoms with Gasteiger partial charge in [0.1, 0.15) is 12.0 Å². The Hall–Kier alpha value is -3.54. The maximum Gasteiger partial charge on any atom is 0.181 e.